The van der Waals surface area contributed by atoms with Crippen molar-refractivity contribution >= 4 is 0 Å². The quantitative estimate of drug-likeness (QED) is 0.604. The molecule has 0 heterocycles. The van der Waals surface area contributed by atoms with Gasteiger partial charge >= 0.3 is 0 Å². The lowest BCUT2D eigenvalue weighted by molar-refractivity contribution is 0.115. The van der Waals surface area contributed by atoms with Gasteiger partial charge in [0.25, 0.3) is 0 Å². The predicted octanol–water partition coefficient (Wildman–Crippen LogP) is 5.81. The molecule has 0 spiro atoms. The summed E-state index contributed by atoms with van der Waals surface area (Å²) in [6, 6.07) is 0. The Bertz CT molecular complexity index is 398. The molecular weight excluding hydrogens is 256 g/mol. The van der Waals surface area contributed by atoms with Gasteiger partial charge in [0, 0.05) is 0 Å². The molecule has 1 aliphatic carbocycles. The smallest absolute Gasteiger partial charge is 0.0754 e. The Kier molecular flexibility index (Phi) is 8.03. The summed E-state index contributed by atoms with van der Waals surface area (Å²) >= 11 is 0. The van der Waals surface area contributed by atoms with Crippen LogP contribution in [0.15, 0.2) is 34.9 Å². The van der Waals surface area contributed by atoms with Crippen molar-refractivity contribution in [3.63, 3.8) is 0 Å². The maximum Gasteiger partial charge on any atom is 0.0754 e. The molecule has 21 heavy (non-hydrogen) atoms. The van der Waals surface area contributed by atoms with Crippen LogP contribution in [0.5, 0.6) is 0 Å². The fourth-order valence-corrected chi connectivity index (χ4v) is 3.09. The number of rotatable bonds is 1. The molecule has 0 saturated heterocycles. The summed E-state index contributed by atoms with van der Waals surface area (Å²) in [7, 11) is 0. The van der Waals surface area contributed by atoms with Crippen molar-refractivity contribution in [3.05, 3.63) is 34.9 Å². The monoisotopic (exact) mass is 290 g/mol. The topological polar surface area (TPSA) is 20.2 Å². The first-order valence-electron chi connectivity index (χ1n) is 8.56. The van der Waals surface area contributed by atoms with Crippen LogP contribution in [0.25, 0.3) is 0 Å². The molecule has 1 heteroatoms. The average Bonchev–Trinajstić information content (AvgIpc) is 2.37. The highest BCUT2D eigenvalue weighted by atomic mass is 16.3. The maximum atomic E-state index is 10.5. The molecule has 0 fully saturated rings. The molecule has 0 aliphatic heterocycles. The van der Waals surface area contributed by atoms with E-state index >= 15 is 0 Å². The second-order valence-corrected chi connectivity index (χ2v) is 7.13. The van der Waals surface area contributed by atoms with Crippen LogP contribution in [0.4, 0.5) is 0 Å². The molecule has 0 aromatic heterocycles. The highest BCUT2D eigenvalue weighted by molar-refractivity contribution is 5.09. The molecule has 1 rings (SSSR count). The van der Waals surface area contributed by atoms with Crippen LogP contribution in [0, 0.1) is 11.8 Å². The van der Waals surface area contributed by atoms with E-state index in [4.69, 9.17) is 0 Å². The van der Waals surface area contributed by atoms with Crippen molar-refractivity contribution in [2.45, 2.75) is 79.2 Å². The van der Waals surface area contributed by atoms with Gasteiger partial charge < -0.3 is 5.11 Å². The van der Waals surface area contributed by atoms with Crippen molar-refractivity contribution in [2.24, 2.45) is 11.8 Å². The van der Waals surface area contributed by atoms with Crippen molar-refractivity contribution < 1.29 is 5.11 Å². The number of allylic oxidation sites excluding steroid dienone is 5. The lowest BCUT2D eigenvalue weighted by Crippen LogP contribution is -2.24. The second-order valence-electron chi connectivity index (χ2n) is 7.13. The van der Waals surface area contributed by atoms with E-state index in [1.165, 1.54) is 23.1 Å². The molecule has 0 bridgehead atoms. The van der Waals surface area contributed by atoms with E-state index in [1.807, 2.05) is 0 Å². The van der Waals surface area contributed by atoms with Crippen LogP contribution in [-0.4, -0.2) is 11.2 Å². The van der Waals surface area contributed by atoms with E-state index in [9.17, 15) is 5.11 Å². The lowest BCUT2D eigenvalue weighted by Gasteiger charge is -2.25. The van der Waals surface area contributed by atoms with E-state index in [2.05, 4.69) is 52.8 Å². The highest BCUT2D eigenvalue weighted by Crippen LogP contribution is 2.26. The first-order valence-corrected chi connectivity index (χ1v) is 8.56. The van der Waals surface area contributed by atoms with Gasteiger partial charge in [0.2, 0.25) is 0 Å². The SMILES string of the molecule is C/C1=C/CC/C(C)=C/[C@@H](O)[C@H](C(C)C)CC/C(C)=C/CC1. The van der Waals surface area contributed by atoms with Crippen molar-refractivity contribution in [3.8, 4) is 0 Å². The lowest BCUT2D eigenvalue weighted by atomic mass is 9.84. The van der Waals surface area contributed by atoms with Gasteiger partial charge in [-0.3, -0.25) is 0 Å². The first kappa shape index (κ1) is 18.2. The van der Waals surface area contributed by atoms with Crippen molar-refractivity contribution in [1.29, 1.82) is 0 Å². The molecule has 120 valence electrons. The zero-order valence-electron chi connectivity index (χ0n) is 14.7. The molecule has 1 nitrogen and oxygen atoms in total. The Morgan fingerprint density at radius 2 is 1.43 bits per heavy atom. The molecule has 0 aromatic rings. The third kappa shape index (κ3) is 7.13. The summed E-state index contributed by atoms with van der Waals surface area (Å²) in [5, 5.41) is 10.5. The van der Waals surface area contributed by atoms with Crippen molar-refractivity contribution in [1.82, 2.24) is 0 Å². The fraction of sp³-hybridized carbons (Fsp3) is 0.700. The fourth-order valence-electron chi connectivity index (χ4n) is 3.09. The van der Waals surface area contributed by atoms with E-state index in [0.717, 1.165) is 32.1 Å². The van der Waals surface area contributed by atoms with Crippen LogP contribution in [0.3, 0.4) is 0 Å². The van der Waals surface area contributed by atoms with Gasteiger partial charge in [-0.15, -0.1) is 0 Å². The van der Waals surface area contributed by atoms with Gasteiger partial charge in [-0.2, -0.15) is 0 Å². The molecule has 0 amide bonds. The highest BCUT2D eigenvalue weighted by Gasteiger charge is 2.20. The summed E-state index contributed by atoms with van der Waals surface area (Å²) in [6.07, 6.45) is 13.2. The largest absolute Gasteiger partial charge is 0.389 e. The van der Waals surface area contributed by atoms with E-state index < -0.39 is 0 Å². The molecular formula is C20H34O. The molecule has 1 N–H and O–H groups in total. The van der Waals surface area contributed by atoms with Gasteiger partial charge in [0.15, 0.2) is 0 Å². The van der Waals surface area contributed by atoms with Gasteiger partial charge in [0.1, 0.15) is 0 Å². The first-order chi connectivity index (χ1) is 9.90. The van der Waals surface area contributed by atoms with Gasteiger partial charge in [0.05, 0.1) is 6.10 Å². The van der Waals surface area contributed by atoms with Crippen LogP contribution in [-0.2, 0) is 0 Å². The standard InChI is InChI=1S/C20H34O/c1-15(2)19-13-12-17(4)10-6-8-16(3)9-7-11-18(5)14-20(19)21/h9-10,14-15,19-21H,6-8,11-13H2,1-5H3/b16-9-,17-10+,18-14+/t19-,20+/m0/s1. The summed E-state index contributed by atoms with van der Waals surface area (Å²) in [5.41, 5.74) is 4.28. The maximum absolute atomic E-state index is 10.5. The summed E-state index contributed by atoms with van der Waals surface area (Å²) in [5.74, 6) is 0.885. The normalized spacial score (nSPS) is 34.1. The number of aliphatic hydroxyl groups is 1. The van der Waals surface area contributed by atoms with Crippen LogP contribution in [0.1, 0.15) is 73.1 Å². The Balaban J connectivity index is 2.88. The number of hydrogen-bond acceptors (Lipinski definition) is 1. The molecule has 0 radical (unpaired) electrons. The van der Waals surface area contributed by atoms with Gasteiger partial charge in [-0.25, -0.2) is 0 Å². The zero-order valence-corrected chi connectivity index (χ0v) is 14.7. The molecule has 0 saturated carbocycles. The molecule has 2 atom stereocenters. The Morgan fingerprint density at radius 1 is 0.905 bits per heavy atom. The minimum atomic E-state index is -0.300. The number of aliphatic hydroxyl groups excluding tert-OH is 1. The summed E-state index contributed by atoms with van der Waals surface area (Å²) < 4.78 is 0. The number of hydrogen-bond donors (Lipinski definition) is 1. The Morgan fingerprint density at radius 3 is 2.00 bits per heavy atom. The summed E-state index contributed by atoms with van der Waals surface area (Å²) in [4.78, 5) is 0. The predicted molar refractivity (Wildman–Crippen MR) is 93.3 cm³/mol. The average molecular weight is 290 g/mol. The third-order valence-electron chi connectivity index (χ3n) is 4.69. The van der Waals surface area contributed by atoms with Crippen LogP contribution in [0.2, 0.25) is 0 Å². The molecule has 0 unspecified atom stereocenters. The third-order valence-corrected chi connectivity index (χ3v) is 4.69. The minimum Gasteiger partial charge on any atom is -0.389 e. The molecule has 1 aliphatic rings. The molecule has 0 aromatic carbocycles. The van der Waals surface area contributed by atoms with Crippen molar-refractivity contribution in [2.75, 3.05) is 0 Å². The van der Waals surface area contributed by atoms with Crippen LogP contribution < -0.4 is 0 Å². The second kappa shape index (κ2) is 9.25. The van der Waals surface area contributed by atoms with E-state index in [0.29, 0.717) is 11.8 Å². The van der Waals surface area contributed by atoms with Gasteiger partial charge in [-0.1, -0.05) is 48.8 Å². The van der Waals surface area contributed by atoms with E-state index in [1.54, 1.807) is 0 Å². The minimum absolute atomic E-state index is 0.300. The van der Waals surface area contributed by atoms with E-state index in [-0.39, 0.29) is 6.10 Å². The Hall–Kier alpha value is -0.820. The van der Waals surface area contributed by atoms with Gasteiger partial charge in [-0.05, 0) is 71.1 Å². The van der Waals surface area contributed by atoms with Crippen LogP contribution >= 0.6 is 0 Å². The summed E-state index contributed by atoms with van der Waals surface area (Å²) in [6.45, 7) is 11.1. The Labute approximate surface area is 131 Å². The zero-order chi connectivity index (χ0) is 15.8.